The zero-order chi connectivity index (χ0) is 13.7. The summed E-state index contributed by atoms with van der Waals surface area (Å²) in [6.45, 7) is 7.33. The van der Waals surface area contributed by atoms with Crippen LogP contribution in [0.1, 0.15) is 13.3 Å². The van der Waals surface area contributed by atoms with Crippen LogP contribution in [0.5, 0.6) is 0 Å². The van der Waals surface area contributed by atoms with E-state index >= 15 is 0 Å². The molecular formula is C13H23N5S. The standard InChI is InChI=1S/C13H23N5S/c1-4-14-11-10-12(16-13(15-11)19-3)18-7-5-6-17(2)8-9-18/h10H,4-9H2,1-3H3,(H,14,15,16). The Morgan fingerprint density at radius 1 is 1.26 bits per heavy atom. The van der Waals surface area contributed by atoms with E-state index in [2.05, 4.69) is 45.1 Å². The molecule has 1 saturated heterocycles. The quantitative estimate of drug-likeness (QED) is 0.670. The van der Waals surface area contributed by atoms with Crippen LogP contribution < -0.4 is 10.2 Å². The largest absolute Gasteiger partial charge is 0.370 e. The minimum absolute atomic E-state index is 0.839. The van der Waals surface area contributed by atoms with Gasteiger partial charge in [0.2, 0.25) is 0 Å². The molecule has 2 rings (SSSR count). The molecule has 19 heavy (non-hydrogen) atoms. The number of nitrogens with zero attached hydrogens (tertiary/aromatic N) is 4. The lowest BCUT2D eigenvalue weighted by Crippen LogP contribution is -2.29. The molecule has 0 bridgehead atoms. The Bertz CT molecular complexity index is 412. The van der Waals surface area contributed by atoms with Crippen LogP contribution in [0.25, 0.3) is 0 Å². The third kappa shape index (κ3) is 3.98. The molecule has 0 unspecified atom stereocenters. The van der Waals surface area contributed by atoms with Crippen molar-refractivity contribution in [1.82, 2.24) is 14.9 Å². The van der Waals surface area contributed by atoms with E-state index in [1.165, 1.54) is 6.42 Å². The maximum Gasteiger partial charge on any atom is 0.191 e. The lowest BCUT2D eigenvalue weighted by atomic mass is 10.3. The molecule has 0 aliphatic carbocycles. The molecule has 0 spiro atoms. The van der Waals surface area contributed by atoms with Gasteiger partial charge in [-0.05, 0) is 33.2 Å². The van der Waals surface area contributed by atoms with Crippen molar-refractivity contribution < 1.29 is 0 Å². The Morgan fingerprint density at radius 3 is 2.84 bits per heavy atom. The van der Waals surface area contributed by atoms with Gasteiger partial charge in [0.15, 0.2) is 5.16 Å². The Morgan fingerprint density at radius 2 is 2.11 bits per heavy atom. The molecule has 0 amide bonds. The fraction of sp³-hybridized carbons (Fsp3) is 0.692. The van der Waals surface area contributed by atoms with Gasteiger partial charge in [0, 0.05) is 32.2 Å². The predicted octanol–water partition coefficient (Wildman–Crippen LogP) is 1.77. The summed E-state index contributed by atoms with van der Waals surface area (Å²) >= 11 is 1.59. The average Bonchev–Trinajstić information content (AvgIpc) is 2.63. The molecule has 106 valence electrons. The van der Waals surface area contributed by atoms with Crippen LogP contribution in [-0.2, 0) is 0 Å². The lowest BCUT2D eigenvalue weighted by molar-refractivity contribution is 0.360. The summed E-state index contributed by atoms with van der Waals surface area (Å²) in [5, 5.41) is 4.12. The summed E-state index contributed by atoms with van der Waals surface area (Å²) in [5.41, 5.74) is 0. The molecule has 0 atom stereocenters. The Hall–Kier alpha value is -1.01. The van der Waals surface area contributed by atoms with Crippen molar-refractivity contribution in [2.75, 3.05) is 56.2 Å². The van der Waals surface area contributed by atoms with Crippen molar-refractivity contribution in [3.8, 4) is 0 Å². The van der Waals surface area contributed by atoms with Crippen LogP contribution in [0.2, 0.25) is 0 Å². The highest BCUT2D eigenvalue weighted by Gasteiger charge is 2.15. The van der Waals surface area contributed by atoms with E-state index in [1.54, 1.807) is 11.8 Å². The second-order valence-electron chi connectivity index (χ2n) is 4.77. The maximum atomic E-state index is 4.64. The first-order valence-corrected chi connectivity index (χ1v) is 8.06. The average molecular weight is 281 g/mol. The second-order valence-corrected chi connectivity index (χ2v) is 5.55. The number of hydrogen-bond donors (Lipinski definition) is 1. The first-order chi connectivity index (χ1) is 9.22. The first kappa shape index (κ1) is 14.4. The van der Waals surface area contributed by atoms with Gasteiger partial charge in [-0.2, -0.15) is 0 Å². The molecule has 0 radical (unpaired) electrons. The van der Waals surface area contributed by atoms with E-state index in [-0.39, 0.29) is 0 Å². The van der Waals surface area contributed by atoms with E-state index in [0.29, 0.717) is 0 Å². The highest BCUT2D eigenvalue weighted by atomic mass is 32.2. The summed E-state index contributed by atoms with van der Waals surface area (Å²) in [5.74, 6) is 1.97. The molecule has 1 aliphatic rings. The van der Waals surface area contributed by atoms with Crippen molar-refractivity contribution in [3.63, 3.8) is 0 Å². The second kappa shape index (κ2) is 6.96. The molecule has 1 N–H and O–H groups in total. The number of likely N-dealkylation sites (N-methyl/N-ethyl adjacent to an activating group) is 1. The fourth-order valence-electron chi connectivity index (χ4n) is 2.21. The minimum atomic E-state index is 0.839. The molecule has 2 heterocycles. The number of anilines is 2. The molecule has 1 aliphatic heterocycles. The summed E-state index contributed by atoms with van der Waals surface area (Å²) in [6, 6.07) is 2.06. The Kier molecular flexibility index (Phi) is 5.27. The molecule has 6 heteroatoms. The van der Waals surface area contributed by atoms with Gasteiger partial charge in [-0.15, -0.1) is 0 Å². The third-order valence-electron chi connectivity index (χ3n) is 3.28. The van der Waals surface area contributed by atoms with Crippen molar-refractivity contribution in [3.05, 3.63) is 6.07 Å². The van der Waals surface area contributed by atoms with Gasteiger partial charge in [-0.1, -0.05) is 11.8 Å². The van der Waals surface area contributed by atoms with Crippen LogP contribution in [0.15, 0.2) is 11.2 Å². The van der Waals surface area contributed by atoms with Crippen LogP contribution in [0.3, 0.4) is 0 Å². The summed E-state index contributed by atoms with van der Waals surface area (Å²) in [7, 11) is 2.18. The van der Waals surface area contributed by atoms with Gasteiger partial charge in [-0.25, -0.2) is 9.97 Å². The van der Waals surface area contributed by atoms with E-state index in [9.17, 15) is 0 Å². The van der Waals surface area contributed by atoms with Gasteiger partial charge in [0.1, 0.15) is 11.6 Å². The van der Waals surface area contributed by atoms with Gasteiger partial charge in [0.05, 0.1) is 0 Å². The highest BCUT2D eigenvalue weighted by Crippen LogP contribution is 2.21. The molecule has 1 fully saturated rings. The highest BCUT2D eigenvalue weighted by molar-refractivity contribution is 7.98. The summed E-state index contributed by atoms with van der Waals surface area (Å²) in [6.07, 6.45) is 3.21. The smallest absolute Gasteiger partial charge is 0.191 e. The zero-order valence-corrected chi connectivity index (χ0v) is 12.8. The maximum absolute atomic E-state index is 4.64. The minimum Gasteiger partial charge on any atom is -0.370 e. The number of aromatic nitrogens is 2. The van der Waals surface area contributed by atoms with Crippen LogP contribution in [0.4, 0.5) is 11.6 Å². The van der Waals surface area contributed by atoms with Gasteiger partial charge < -0.3 is 15.1 Å². The van der Waals surface area contributed by atoms with Gasteiger partial charge in [-0.3, -0.25) is 0 Å². The number of hydrogen-bond acceptors (Lipinski definition) is 6. The SMILES string of the molecule is CCNc1cc(N2CCCN(C)CC2)nc(SC)n1. The Balaban J connectivity index is 2.19. The van der Waals surface area contributed by atoms with E-state index in [0.717, 1.165) is 49.5 Å². The third-order valence-corrected chi connectivity index (χ3v) is 3.82. The topological polar surface area (TPSA) is 44.3 Å². The van der Waals surface area contributed by atoms with Crippen LogP contribution in [0, 0.1) is 0 Å². The Labute approximate surface area is 119 Å². The van der Waals surface area contributed by atoms with Crippen LogP contribution in [-0.4, -0.2) is 60.9 Å². The van der Waals surface area contributed by atoms with Gasteiger partial charge in [0.25, 0.3) is 0 Å². The van der Waals surface area contributed by atoms with Crippen molar-refractivity contribution in [2.45, 2.75) is 18.5 Å². The molecule has 1 aromatic rings. The van der Waals surface area contributed by atoms with Crippen LogP contribution >= 0.6 is 11.8 Å². The predicted molar refractivity (Wildman–Crippen MR) is 82.3 cm³/mol. The van der Waals surface area contributed by atoms with E-state index in [4.69, 9.17) is 0 Å². The summed E-state index contributed by atoms with van der Waals surface area (Å²) in [4.78, 5) is 13.9. The van der Waals surface area contributed by atoms with Crippen molar-refractivity contribution >= 4 is 23.4 Å². The number of rotatable bonds is 4. The lowest BCUT2D eigenvalue weighted by Gasteiger charge is -2.22. The van der Waals surface area contributed by atoms with Gasteiger partial charge >= 0.3 is 0 Å². The molecule has 0 aromatic carbocycles. The normalized spacial score (nSPS) is 17.3. The molecule has 5 nitrogen and oxygen atoms in total. The summed E-state index contributed by atoms with van der Waals surface area (Å²) < 4.78 is 0. The van der Waals surface area contributed by atoms with Crippen molar-refractivity contribution in [2.24, 2.45) is 0 Å². The molecule has 1 aromatic heterocycles. The molecule has 0 saturated carbocycles. The van der Waals surface area contributed by atoms with E-state index in [1.807, 2.05) is 6.26 Å². The monoisotopic (exact) mass is 281 g/mol. The van der Waals surface area contributed by atoms with Crippen molar-refractivity contribution in [1.29, 1.82) is 0 Å². The first-order valence-electron chi connectivity index (χ1n) is 6.83. The molecular weight excluding hydrogens is 258 g/mol. The number of nitrogens with one attached hydrogen (secondary N) is 1. The fourth-order valence-corrected chi connectivity index (χ4v) is 2.59. The zero-order valence-electron chi connectivity index (χ0n) is 12.0. The number of thioether (sulfide) groups is 1. The van der Waals surface area contributed by atoms with E-state index < -0.39 is 0 Å².